The van der Waals surface area contributed by atoms with Crippen molar-refractivity contribution >= 4 is 45.1 Å². The number of fused-ring (bicyclic) bond motifs is 1. The quantitative estimate of drug-likeness (QED) is 0.182. The van der Waals surface area contributed by atoms with E-state index in [2.05, 4.69) is 15.6 Å². The Morgan fingerprint density at radius 1 is 1.13 bits per heavy atom. The van der Waals surface area contributed by atoms with Gasteiger partial charge in [0, 0.05) is 17.8 Å². The van der Waals surface area contributed by atoms with Crippen LogP contribution in [0.4, 0.5) is 19.3 Å². The molecule has 4 aromatic rings. The molecule has 1 atom stereocenters. The molecular weight excluding hydrogens is 620 g/mol. The zero-order valence-electron chi connectivity index (χ0n) is 25.3. The monoisotopic (exact) mass is 653 g/mol. The average molecular weight is 654 g/mol. The van der Waals surface area contributed by atoms with Gasteiger partial charge in [0.05, 0.1) is 16.8 Å². The number of anilines is 1. The van der Waals surface area contributed by atoms with Crippen LogP contribution in [0.3, 0.4) is 0 Å². The van der Waals surface area contributed by atoms with Crippen LogP contribution in [0.2, 0.25) is 0 Å². The third-order valence-corrected chi connectivity index (χ3v) is 7.39. The first-order valence-electron chi connectivity index (χ1n) is 14.2. The fourth-order valence-corrected chi connectivity index (χ4v) is 5.28. The first kappa shape index (κ1) is 33.8. The highest BCUT2D eigenvalue weighted by Crippen LogP contribution is 2.32. The molecule has 14 heteroatoms. The minimum Gasteiger partial charge on any atom is -0.487 e. The van der Waals surface area contributed by atoms with E-state index in [0.717, 1.165) is 18.2 Å². The highest BCUT2D eigenvalue weighted by atomic mass is 32.1. The maximum Gasteiger partial charge on any atom is 0.408 e. The summed E-state index contributed by atoms with van der Waals surface area (Å²) in [5.41, 5.74) is 4.57. The van der Waals surface area contributed by atoms with Gasteiger partial charge < -0.3 is 30.4 Å². The van der Waals surface area contributed by atoms with Crippen molar-refractivity contribution in [2.45, 2.75) is 58.4 Å². The molecule has 0 radical (unpaired) electrons. The number of halogens is 2. The summed E-state index contributed by atoms with van der Waals surface area (Å²) in [5.74, 6) is -2.25. The molecule has 0 unspecified atom stereocenters. The molecule has 0 aliphatic rings. The second-order valence-corrected chi connectivity index (χ2v) is 12.2. The number of rotatable bonds is 12. The number of hydrogen-bond acceptors (Lipinski definition) is 8. The number of pyridine rings is 1. The number of ether oxygens (including phenoxy) is 2. The number of carbonyl (C=O) groups is 3. The zero-order chi connectivity index (χ0) is 33.4. The van der Waals surface area contributed by atoms with Gasteiger partial charge in [-0.3, -0.25) is 14.4 Å². The summed E-state index contributed by atoms with van der Waals surface area (Å²) in [7, 11) is 0. The molecule has 242 valence electrons. The fraction of sp³-hybridized carbons (Fsp3) is 0.281. The van der Waals surface area contributed by atoms with Crippen LogP contribution in [0, 0.1) is 11.6 Å². The van der Waals surface area contributed by atoms with Gasteiger partial charge in [0.15, 0.2) is 0 Å². The smallest absolute Gasteiger partial charge is 0.408 e. The molecule has 4 rings (SSSR count). The van der Waals surface area contributed by atoms with E-state index in [-0.39, 0.29) is 37.2 Å². The summed E-state index contributed by atoms with van der Waals surface area (Å²) < 4.78 is 40.5. The number of aromatic nitrogens is 2. The topological polar surface area (TPSA) is 155 Å². The molecule has 0 aliphatic carbocycles. The van der Waals surface area contributed by atoms with Crippen molar-refractivity contribution < 1.29 is 32.6 Å². The van der Waals surface area contributed by atoms with Crippen LogP contribution in [0.5, 0.6) is 5.75 Å². The number of alkyl carbamates (subject to hydrolysis) is 1. The Hall–Kier alpha value is -5.11. The summed E-state index contributed by atoms with van der Waals surface area (Å²) in [6.07, 6.45) is 3.69. The number of benzene rings is 2. The van der Waals surface area contributed by atoms with E-state index in [0.29, 0.717) is 21.0 Å². The van der Waals surface area contributed by atoms with E-state index < -0.39 is 46.7 Å². The minimum atomic E-state index is -1.09. The summed E-state index contributed by atoms with van der Waals surface area (Å²) in [5, 5.41) is 5.66. The van der Waals surface area contributed by atoms with Gasteiger partial charge in [0.25, 0.3) is 5.56 Å². The van der Waals surface area contributed by atoms with Crippen LogP contribution < -0.4 is 26.7 Å². The first-order chi connectivity index (χ1) is 21.8. The Kier molecular flexibility index (Phi) is 10.9. The number of allylic oxidation sites excluding steroid dienone is 1. The number of hydrogen-bond donors (Lipinski definition) is 3. The van der Waals surface area contributed by atoms with Crippen molar-refractivity contribution in [3.8, 4) is 5.75 Å². The molecule has 0 saturated heterocycles. The molecule has 0 saturated carbocycles. The summed E-state index contributed by atoms with van der Waals surface area (Å²) >= 11 is 1.28. The molecule has 46 heavy (non-hydrogen) atoms. The van der Waals surface area contributed by atoms with Gasteiger partial charge in [-0.05, 0) is 76.1 Å². The Morgan fingerprint density at radius 3 is 2.63 bits per heavy atom. The highest BCUT2D eigenvalue weighted by molar-refractivity contribution is 7.19. The van der Waals surface area contributed by atoms with Crippen LogP contribution in [-0.4, -0.2) is 39.1 Å². The second kappa shape index (κ2) is 14.8. The van der Waals surface area contributed by atoms with E-state index in [4.69, 9.17) is 15.2 Å². The van der Waals surface area contributed by atoms with Gasteiger partial charge >= 0.3 is 6.09 Å². The van der Waals surface area contributed by atoms with E-state index in [1.165, 1.54) is 34.1 Å². The van der Waals surface area contributed by atoms with Gasteiger partial charge in [0.1, 0.15) is 46.3 Å². The fourth-order valence-electron chi connectivity index (χ4n) is 4.25. The lowest BCUT2D eigenvalue weighted by Gasteiger charge is -2.23. The number of primary amides is 1. The molecule has 2 aromatic heterocycles. The van der Waals surface area contributed by atoms with Crippen LogP contribution in [0.15, 0.2) is 71.7 Å². The second-order valence-electron chi connectivity index (χ2n) is 11.2. The van der Waals surface area contributed by atoms with Crippen molar-refractivity contribution in [3.63, 3.8) is 0 Å². The average Bonchev–Trinajstić information content (AvgIpc) is 3.38. The SMILES string of the molecule is CC(C)(C)OC(=O)N[C@@H](CC/C=C/C(N)=O)C(=O)Nc1cccn(Cc2nc3cccc(OCc4ccc(F)cc4F)c3s2)c1=O. The molecule has 11 nitrogen and oxygen atoms in total. The van der Waals surface area contributed by atoms with Gasteiger partial charge in [-0.1, -0.05) is 12.1 Å². The van der Waals surface area contributed by atoms with Crippen molar-refractivity contribution in [3.05, 3.63) is 99.4 Å². The third kappa shape index (κ3) is 9.44. The highest BCUT2D eigenvalue weighted by Gasteiger charge is 2.25. The lowest BCUT2D eigenvalue weighted by atomic mass is 10.1. The molecule has 0 bridgehead atoms. The Morgan fingerprint density at radius 2 is 1.91 bits per heavy atom. The summed E-state index contributed by atoms with van der Waals surface area (Å²) in [6.45, 7) is 4.99. The van der Waals surface area contributed by atoms with Gasteiger partial charge in [-0.15, -0.1) is 11.3 Å². The van der Waals surface area contributed by atoms with Crippen LogP contribution in [0.1, 0.15) is 44.2 Å². The summed E-state index contributed by atoms with van der Waals surface area (Å²) in [4.78, 5) is 54.6. The van der Waals surface area contributed by atoms with E-state index >= 15 is 0 Å². The Labute approximate surface area is 267 Å². The largest absolute Gasteiger partial charge is 0.487 e. The normalized spacial score (nSPS) is 12.2. The molecule has 4 N–H and O–H groups in total. The number of amides is 3. The summed E-state index contributed by atoms with van der Waals surface area (Å²) in [6, 6.07) is 10.4. The van der Waals surface area contributed by atoms with Gasteiger partial charge in [-0.2, -0.15) is 0 Å². The maximum absolute atomic E-state index is 14.1. The molecule has 0 fully saturated rings. The van der Waals surface area contributed by atoms with Crippen LogP contribution in [0.25, 0.3) is 10.2 Å². The van der Waals surface area contributed by atoms with Crippen LogP contribution in [-0.2, 0) is 27.5 Å². The lowest BCUT2D eigenvalue weighted by molar-refractivity contribution is -0.118. The van der Waals surface area contributed by atoms with E-state index in [9.17, 15) is 28.0 Å². The molecule has 2 aromatic carbocycles. The predicted octanol–water partition coefficient (Wildman–Crippen LogP) is 5.02. The number of thiazole rings is 1. The van der Waals surface area contributed by atoms with E-state index in [1.54, 1.807) is 51.2 Å². The van der Waals surface area contributed by atoms with Gasteiger partial charge in [-0.25, -0.2) is 18.6 Å². The lowest BCUT2D eigenvalue weighted by Crippen LogP contribution is -2.46. The zero-order valence-corrected chi connectivity index (χ0v) is 26.2. The van der Waals surface area contributed by atoms with Crippen molar-refractivity contribution in [2.24, 2.45) is 5.73 Å². The van der Waals surface area contributed by atoms with Crippen LogP contribution >= 0.6 is 11.3 Å². The number of nitrogens with one attached hydrogen (secondary N) is 2. The number of nitrogens with zero attached hydrogens (tertiary/aromatic N) is 2. The minimum absolute atomic E-state index is 0.0253. The maximum atomic E-state index is 14.1. The molecule has 0 spiro atoms. The first-order valence-corrected chi connectivity index (χ1v) is 15.0. The predicted molar refractivity (Wildman–Crippen MR) is 169 cm³/mol. The van der Waals surface area contributed by atoms with Crippen molar-refractivity contribution in [2.75, 3.05) is 5.32 Å². The van der Waals surface area contributed by atoms with Gasteiger partial charge in [0.2, 0.25) is 11.8 Å². The van der Waals surface area contributed by atoms with Crippen molar-refractivity contribution in [1.82, 2.24) is 14.9 Å². The standard InChI is InChI=1S/C32H33F2N5O6S/c1-32(2,3)45-31(43)38-23(8-4-5-12-26(35)40)29(41)37-24-10-7-15-39(30(24)42)17-27-36-22-9-6-11-25(28(22)46-27)44-18-19-13-14-20(33)16-21(19)34/h5-7,9-16,23H,4,8,17-18H2,1-3H3,(H2,35,40)(H,37,41)(H,38,43)/b12-5+/t23-/m0/s1. The third-order valence-electron chi connectivity index (χ3n) is 6.32. The molecule has 3 amide bonds. The molecule has 0 aliphatic heterocycles. The van der Waals surface area contributed by atoms with Crippen molar-refractivity contribution in [1.29, 1.82) is 0 Å². The number of carbonyl (C=O) groups excluding carboxylic acids is 3. The molecule has 2 heterocycles. The van der Waals surface area contributed by atoms with E-state index in [1.807, 2.05) is 0 Å². The molecular formula is C32H33F2N5O6S. The Balaban J connectivity index is 1.49. The Bertz CT molecular complexity index is 1830. The number of nitrogens with two attached hydrogens (primary N) is 1.